The van der Waals surface area contributed by atoms with Crippen LogP contribution in [-0.2, 0) is 20.1 Å². The van der Waals surface area contributed by atoms with Crippen LogP contribution in [-0.4, -0.2) is 21.5 Å². The van der Waals surface area contributed by atoms with E-state index >= 15 is 0 Å². The molecule has 0 radical (unpaired) electrons. The molecule has 0 spiro atoms. The highest BCUT2D eigenvalue weighted by molar-refractivity contribution is 7.07. The first-order valence-electron chi connectivity index (χ1n) is 6.74. The third-order valence-corrected chi connectivity index (χ3v) is 4.28. The molecule has 0 aliphatic carbocycles. The van der Waals surface area contributed by atoms with Crippen molar-refractivity contribution in [2.24, 2.45) is 7.05 Å². The smallest absolute Gasteiger partial charge is 0.0795 e. The summed E-state index contributed by atoms with van der Waals surface area (Å²) in [6.07, 6.45) is 0. The molecular formula is C16H19N3S. The Morgan fingerprint density at radius 2 is 2.10 bits per heavy atom. The number of hydrogen-bond donors (Lipinski definition) is 0. The Hall–Kier alpha value is -1.65. The molecule has 0 unspecified atom stereocenters. The van der Waals surface area contributed by atoms with Crippen LogP contribution in [0.5, 0.6) is 0 Å². The summed E-state index contributed by atoms with van der Waals surface area (Å²) in [7, 11) is 4.28. The monoisotopic (exact) mass is 285 g/mol. The van der Waals surface area contributed by atoms with Gasteiger partial charge in [0.1, 0.15) is 0 Å². The molecule has 3 aromatic rings. The third-order valence-electron chi connectivity index (χ3n) is 3.64. The Labute approximate surface area is 123 Å². The minimum atomic E-state index is 0.893. The van der Waals surface area contributed by atoms with Gasteiger partial charge in [0.2, 0.25) is 0 Å². The van der Waals surface area contributed by atoms with E-state index in [4.69, 9.17) is 0 Å². The molecule has 4 heteroatoms. The summed E-state index contributed by atoms with van der Waals surface area (Å²) in [5.41, 5.74) is 6.98. The van der Waals surface area contributed by atoms with Gasteiger partial charge in [0.05, 0.1) is 11.2 Å². The molecular weight excluding hydrogens is 266 g/mol. The molecule has 0 fully saturated rings. The van der Waals surface area contributed by atoms with E-state index in [-0.39, 0.29) is 0 Å². The number of thiazole rings is 1. The maximum Gasteiger partial charge on any atom is 0.0795 e. The Morgan fingerprint density at radius 1 is 1.25 bits per heavy atom. The van der Waals surface area contributed by atoms with Crippen molar-refractivity contribution in [3.63, 3.8) is 0 Å². The van der Waals surface area contributed by atoms with E-state index < -0.39 is 0 Å². The second-order valence-corrected chi connectivity index (χ2v) is 6.13. The van der Waals surface area contributed by atoms with Crippen LogP contribution in [0.3, 0.4) is 0 Å². The molecule has 104 valence electrons. The maximum absolute atomic E-state index is 4.34. The summed E-state index contributed by atoms with van der Waals surface area (Å²) in [6.45, 7) is 3.96. The number of rotatable bonds is 4. The molecule has 3 nitrogen and oxygen atoms in total. The molecule has 3 rings (SSSR count). The summed E-state index contributed by atoms with van der Waals surface area (Å²) >= 11 is 1.65. The lowest BCUT2D eigenvalue weighted by molar-refractivity contribution is 0.309. The molecule has 0 aliphatic rings. The summed E-state index contributed by atoms with van der Waals surface area (Å²) < 4.78 is 2.28. The Balaban J connectivity index is 1.81. The lowest BCUT2D eigenvalue weighted by atomic mass is 10.2. The Kier molecular flexibility index (Phi) is 3.59. The van der Waals surface area contributed by atoms with Crippen LogP contribution >= 0.6 is 11.3 Å². The normalized spacial score (nSPS) is 11.6. The van der Waals surface area contributed by atoms with Crippen molar-refractivity contribution in [1.82, 2.24) is 14.5 Å². The molecule has 2 aromatic heterocycles. The highest BCUT2D eigenvalue weighted by atomic mass is 32.1. The number of fused-ring (bicyclic) bond motifs is 1. The van der Waals surface area contributed by atoms with Gasteiger partial charge in [0.25, 0.3) is 0 Å². The topological polar surface area (TPSA) is 21.1 Å². The van der Waals surface area contributed by atoms with Crippen LogP contribution in [0.4, 0.5) is 0 Å². The van der Waals surface area contributed by atoms with Crippen molar-refractivity contribution in [1.29, 1.82) is 0 Å². The standard InChI is InChI=1S/C16H19N3S/c1-12-4-5-16-13(6-12)7-15(19(16)3)9-18(2)8-14-10-20-11-17-14/h4-7,10-11H,8-9H2,1-3H3. The fourth-order valence-corrected chi connectivity index (χ4v) is 3.15. The van der Waals surface area contributed by atoms with Gasteiger partial charge in [-0.15, -0.1) is 11.3 Å². The molecule has 0 N–H and O–H groups in total. The van der Waals surface area contributed by atoms with Crippen molar-refractivity contribution in [2.45, 2.75) is 20.0 Å². The summed E-state index contributed by atoms with van der Waals surface area (Å²) in [4.78, 5) is 6.65. The molecule has 0 saturated heterocycles. The average Bonchev–Trinajstić information content (AvgIpc) is 2.99. The molecule has 0 aliphatic heterocycles. The number of hydrogen-bond acceptors (Lipinski definition) is 3. The van der Waals surface area contributed by atoms with Gasteiger partial charge in [-0.1, -0.05) is 11.6 Å². The number of benzene rings is 1. The van der Waals surface area contributed by atoms with Crippen LogP contribution in [0.25, 0.3) is 10.9 Å². The van der Waals surface area contributed by atoms with Crippen LogP contribution in [0.1, 0.15) is 17.0 Å². The Morgan fingerprint density at radius 3 is 2.85 bits per heavy atom. The largest absolute Gasteiger partial charge is 0.346 e. The Bertz CT molecular complexity index is 713. The molecule has 20 heavy (non-hydrogen) atoms. The lowest BCUT2D eigenvalue weighted by Crippen LogP contribution is -2.18. The van der Waals surface area contributed by atoms with Gasteiger partial charge < -0.3 is 4.57 Å². The van der Waals surface area contributed by atoms with E-state index in [0.29, 0.717) is 0 Å². The van der Waals surface area contributed by atoms with Crippen LogP contribution < -0.4 is 0 Å². The van der Waals surface area contributed by atoms with E-state index in [0.717, 1.165) is 18.8 Å². The van der Waals surface area contributed by atoms with Crippen molar-refractivity contribution in [2.75, 3.05) is 7.05 Å². The van der Waals surface area contributed by atoms with E-state index in [1.54, 1.807) is 11.3 Å². The molecule has 0 saturated carbocycles. The van der Waals surface area contributed by atoms with Crippen LogP contribution in [0.15, 0.2) is 35.2 Å². The third kappa shape index (κ3) is 2.62. The van der Waals surface area contributed by atoms with Crippen molar-refractivity contribution < 1.29 is 0 Å². The highest BCUT2D eigenvalue weighted by Crippen LogP contribution is 2.21. The van der Waals surface area contributed by atoms with E-state index in [2.05, 4.69) is 65.1 Å². The van der Waals surface area contributed by atoms with Gasteiger partial charge >= 0.3 is 0 Å². The lowest BCUT2D eigenvalue weighted by Gasteiger charge is -2.15. The summed E-state index contributed by atoms with van der Waals surface area (Å²) in [5, 5.41) is 3.44. The van der Waals surface area contributed by atoms with E-state index in [1.165, 1.54) is 22.2 Å². The molecule has 0 bridgehead atoms. The van der Waals surface area contributed by atoms with E-state index in [9.17, 15) is 0 Å². The predicted octanol–water partition coefficient (Wildman–Crippen LogP) is 3.58. The van der Waals surface area contributed by atoms with Gasteiger partial charge in [0, 0.05) is 42.1 Å². The fraction of sp³-hybridized carbons (Fsp3) is 0.312. The van der Waals surface area contributed by atoms with Gasteiger partial charge in [-0.05, 0) is 32.2 Å². The number of aryl methyl sites for hydroxylation is 2. The van der Waals surface area contributed by atoms with Crippen molar-refractivity contribution >= 4 is 22.2 Å². The van der Waals surface area contributed by atoms with Gasteiger partial charge in [-0.3, -0.25) is 4.90 Å². The summed E-state index contributed by atoms with van der Waals surface area (Å²) in [6, 6.07) is 8.92. The fourth-order valence-electron chi connectivity index (χ4n) is 2.60. The first-order valence-corrected chi connectivity index (χ1v) is 7.68. The van der Waals surface area contributed by atoms with E-state index in [1.807, 2.05) is 5.51 Å². The van der Waals surface area contributed by atoms with Gasteiger partial charge in [-0.25, -0.2) is 4.98 Å². The van der Waals surface area contributed by atoms with Crippen molar-refractivity contribution in [3.8, 4) is 0 Å². The van der Waals surface area contributed by atoms with Crippen LogP contribution in [0.2, 0.25) is 0 Å². The zero-order valence-electron chi connectivity index (χ0n) is 12.1. The second-order valence-electron chi connectivity index (χ2n) is 5.41. The molecule has 1 aromatic carbocycles. The predicted molar refractivity (Wildman–Crippen MR) is 84.9 cm³/mol. The SMILES string of the molecule is Cc1ccc2c(c1)cc(CN(C)Cc1cscn1)n2C. The van der Waals surface area contributed by atoms with Gasteiger partial charge in [-0.2, -0.15) is 0 Å². The quantitative estimate of drug-likeness (QED) is 0.730. The molecule has 2 heterocycles. The van der Waals surface area contributed by atoms with Crippen LogP contribution in [0, 0.1) is 6.92 Å². The molecule has 0 atom stereocenters. The zero-order valence-corrected chi connectivity index (χ0v) is 12.9. The highest BCUT2D eigenvalue weighted by Gasteiger charge is 2.09. The number of nitrogens with zero attached hydrogens (tertiary/aromatic N) is 3. The molecule has 0 amide bonds. The van der Waals surface area contributed by atoms with Crippen molar-refractivity contribution in [3.05, 3.63) is 52.1 Å². The summed E-state index contributed by atoms with van der Waals surface area (Å²) in [5.74, 6) is 0. The maximum atomic E-state index is 4.34. The first kappa shape index (κ1) is 13.3. The minimum Gasteiger partial charge on any atom is -0.346 e. The van der Waals surface area contributed by atoms with Gasteiger partial charge in [0.15, 0.2) is 0 Å². The average molecular weight is 285 g/mol. The minimum absolute atomic E-state index is 0.893. The first-order chi connectivity index (χ1) is 9.63. The second kappa shape index (κ2) is 5.38. The number of aromatic nitrogens is 2. The zero-order chi connectivity index (χ0) is 14.1.